The lowest BCUT2D eigenvalue weighted by Gasteiger charge is -2.17. The number of nitrogens with one attached hydrogen (secondary N) is 2. The van der Waals surface area contributed by atoms with E-state index in [2.05, 4.69) is 10.6 Å². The maximum absolute atomic E-state index is 12.2. The summed E-state index contributed by atoms with van der Waals surface area (Å²) in [6.45, 7) is 4.41. The summed E-state index contributed by atoms with van der Waals surface area (Å²) in [6.07, 6.45) is -0.0574. The van der Waals surface area contributed by atoms with E-state index in [1.54, 1.807) is 0 Å². The SMILES string of the molecule is Cc1cc(OC(C)c2ccccc2)ccc1NC(=O)C1CC(O)CN1.Cl. The standard InChI is InChI=1S/C20H24N2O3.ClH/c1-13-10-17(25-14(2)15-6-4-3-5-7-15)8-9-18(13)22-20(24)19-11-16(23)12-21-19;/h3-10,14,16,19,21,23H,11-12H2,1-2H3,(H,22,24);1H. The molecule has 140 valence electrons. The van der Waals surface area contributed by atoms with Crippen molar-refractivity contribution in [2.75, 3.05) is 11.9 Å². The maximum Gasteiger partial charge on any atom is 0.241 e. The van der Waals surface area contributed by atoms with Crippen LogP contribution in [-0.4, -0.2) is 29.7 Å². The number of anilines is 1. The average Bonchev–Trinajstić information content (AvgIpc) is 3.04. The number of amides is 1. The quantitative estimate of drug-likeness (QED) is 0.749. The Morgan fingerprint density at radius 3 is 2.62 bits per heavy atom. The molecular formula is C20H25ClN2O3. The molecule has 2 aromatic carbocycles. The molecule has 3 rings (SSSR count). The van der Waals surface area contributed by atoms with E-state index in [0.29, 0.717) is 13.0 Å². The first-order chi connectivity index (χ1) is 12.0. The maximum atomic E-state index is 12.2. The number of aliphatic hydroxyl groups excluding tert-OH is 1. The molecule has 26 heavy (non-hydrogen) atoms. The third kappa shape index (κ3) is 4.97. The summed E-state index contributed by atoms with van der Waals surface area (Å²) in [6, 6.07) is 15.3. The van der Waals surface area contributed by atoms with E-state index in [1.165, 1.54) is 0 Å². The first kappa shape index (κ1) is 20.2. The van der Waals surface area contributed by atoms with Gasteiger partial charge < -0.3 is 20.5 Å². The molecule has 0 aromatic heterocycles. The van der Waals surface area contributed by atoms with E-state index in [9.17, 15) is 9.90 Å². The van der Waals surface area contributed by atoms with Gasteiger partial charge in [-0.2, -0.15) is 0 Å². The number of aliphatic hydroxyl groups is 1. The molecule has 3 unspecified atom stereocenters. The molecule has 1 amide bonds. The van der Waals surface area contributed by atoms with Crippen LogP contribution in [0.3, 0.4) is 0 Å². The number of rotatable bonds is 5. The molecule has 6 heteroatoms. The van der Waals surface area contributed by atoms with Gasteiger partial charge in [-0.15, -0.1) is 12.4 Å². The molecule has 1 aliphatic rings. The van der Waals surface area contributed by atoms with Gasteiger partial charge in [-0.1, -0.05) is 30.3 Å². The summed E-state index contributed by atoms with van der Waals surface area (Å²) in [5.41, 5.74) is 2.81. The Morgan fingerprint density at radius 1 is 1.27 bits per heavy atom. The van der Waals surface area contributed by atoms with Crippen LogP contribution in [0.2, 0.25) is 0 Å². The number of hydrogen-bond donors (Lipinski definition) is 3. The van der Waals surface area contributed by atoms with E-state index >= 15 is 0 Å². The number of carbonyl (C=O) groups is 1. The molecule has 3 N–H and O–H groups in total. The summed E-state index contributed by atoms with van der Waals surface area (Å²) >= 11 is 0. The van der Waals surface area contributed by atoms with Gasteiger partial charge in [0.05, 0.1) is 12.1 Å². The molecule has 0 bridgehead atoms. The van der Waals surface area contributed by atoms with Gasteiger partial charge in [-0.05, 0) is 49.6 Å². The van der Waals surface area contributed by atoms with Crippen LogP contribution in [0, 0.1) is 6.92 Å². The minimum atomic E-state index is -0.452. The van der Waals surface area contributed by atoms with Crippen LogP contribution in [-0.2, 0) is 4.79 Å². The molecule has 1 saturated heterocycles. The molecule has 2 aromatic rings. The van der Waals surface area contributed by atoms with Crippen LogP contribution in [0.25, 0.3) is 0 Å². The zero-order chi connectivity index (χ0) is 17.8. The van der Waals surface area contributed by atoms with E-state index < -0.39 is 6.10 Å². The fourth-order valence-electron chi connectivity index (χ4n) is 2.98. The molecule has 0 spiro atoms. The number of ether oxygens (including phenoxy) is 1. The number of hydrogen-bond acceptors (Lipinski definition) is 4. The Kier molecular flexibility index (Phi) is 7.03. The third-order valence-corrected chi connectivity index (χ3v) is 4.46. The van der Waals surface area contributed by atoms with Crippen LogP contribution in [0.1, 0.15) is 30.6 Å². The van der Waals surface area contributed by atoms with Crippen LogP contribution in [0.4, 0.5) is 5.69 Å². The highest BCUT2D eigenvalue weighted by Gasteiger charge is 2.28. The van der Waals surface area contributed by atoms with Gasteiger partial charge in [0, 0.05) is 12.2 Å². The smallest absolute Gasteiger partial charge is 0.241 e. The molecular weight excluding hydrogens is 352 g/mol. The van der Waals surface area contributed by atoms with Gasteiger partial charge >= 0.3 is 0 Å². The predicted octanol–water partition coefficient (Wildman–Crippen LogP) is 3.22. The van der Waals surface area contributed by atoms with Crippen LogP contribution in [0.15, 0.2) is 48.5 Å². The molecule has 1 aliphatic heterocycles. The van der Waals surface area contributed by atoms with Gasteiger partial charge in [0.2, 0.25) is 5.91 Å². The van der Waals surface area contributed by atoms with E-state index in [4.69, 9.17) is 4.74 Å². The Bertz CT molecular complexity index is 739. The lowest BCUT2D eigenvalue weighted by Crippen LogP contribution is -2.35. The summed E-state index contributed by atoms with van der Waals surface area (Å²) < 4.78 is 6.00. The van der Waals surface area contributed by atoms with E-state index in [1.807, 2.05) is 62.4 Å². The molecule has 0 saturated carbocycles. The van der Waals surface area contributed by atoms with Crippen molar-refractivity contribution in [1.82, 2.24) is 5.32 Å². The largest absolute Gasteiger partial charge is 0.486 e. The van der Waals surface area contributed by atoms with Crippen LogP contribution >= 0.6 is 12.4 Å². The van der Waals surface area contributed by atoms with Crippen molar-refractivity contribution < 1.29 is 14.6 Å². The lowest BCUT2D eigenvalue weighted by molar-refractivity contribution is -0.117. The molecule has 1 heterocycles. The summed E-state index contributed by atoms with van der Waals surface area (Å²) in [5.74, 6) is 0.646. The molecule has 0 radical (unpaired) electrons. The Labute approximate surface area is 160 Å². The first-order valence-corrected chi connectivity index (χ1v) is 8.57. The molecule has 3 atom stereocenters. The first-order valence-electron chi connectivity index (χ1n) is 8.57. The Morgan fingerprint density at radius 2 is 2.00 bits per heavy atom. The van der Waals surface area contributed by atoms with E-state index in [-0.39, 0.29) is 30.5 Å². The Balaban J connectivity index is 0.00000243. The van der Waals surface area contributed by atoms with Crippen molar-refractivity contribution in [1.29, 1.82) is 0 Å². The van der Waals surface area contributed by atoms with Crippen molar-refractivity contribution in [3.8, 4) is 5.75 Å². The van der Waals surface area contributed by atoms with Crippen molar-refractivity contribution in [2.24, 2.45) is 0 Å². The monoisotopic (exact) mass is 376 g/mol. The molecule has 1 fully saturated rings. The molecule has 5 nitrogen and oxygen atoms in total. The zero-order valence-electron chi connectivity index (χ0n) is 14.9. The third-order valence-electron chi connectivity index (χ3n) is 4.46. The second kappa shape index (κ2) is 9.03. The van der Waals surface area contributed by atoms with Crippen LogP contribution in [0.5, 0.6) is 5.75 Å². The average molecular weight is 377 g/mol. The number of aryl methyl sites for hydroxylation is 1. The topological polar surface area (TPSA) is 70.6 Å². The second-order valence-corrected chi connectivity index (χ2v) is 6.49. The second-order valence-electron chi connectivity index (χ2n) is 6.49. The van der Waals surface area contributed by atoms with Crippen molar-refractivity contribution in [3.63, 3.8) is 0 Å². The fraction of sp³-hybridized carbons (Fsp3) is 0.350. The van der Waals surface area contributed by atoms with Crippen molar-refractivity contribution in [2.45, 2.75) is 38.5 Å². The van der Waals surface area contributed by atoms with E-state index in [0.717, 1.165) is 22.6 Å². The molecule has 0 aliphatic carbocycles. The normalized spacial score (nSPS) is 20.1. The number of benzene rings is 2. The summed E-state index contributed by atoms with van der Waals surface area (Å²) in [5, 5.41) is 15.5. The van der Waals surface area contributed by atoms with Crippen molar-refractivity contribution in [3.05, 3.63) is 59.7 Å². The van der Waals surface area contributed by atoms with Crippen LogP contribution < -0.4 is 15.4 Å². The number of carbonyl (C=O) groups excluding carboxylic acids is 1. The number of halogens is 1. The van der Waals surface area contributed by atoms with Gasteiger partial charge in [-0.25, -0.2) is 0 Å². The Hall–Kier alpha value is -2.08. The van der Waals surface area contributed by atoms with Gasteiger partial charge in [0.1, 0.15) is 11.9 Å². The predicted molar refractivity (Wildman–Crippen MR) is 105 cm³/mol. The van der Waals surface area contributed by atoms with Gasteiger partial charge in [0.15, 0.2) is 0 Å². The minimum absolute atomic E-state index is 0. The lowest BCUT2D eigenvalue weighted by atomic mass is 10.1. The van der Waals surface area contributed by atoms with Crippen molar-refractivity contribution >= 4 is 24.0 Å². The van der Waals surface area contributed by atoms with Gasteiger partial charge in [0.25, 0.3) is 0 Å². The minimum Gasteiger partial charge on any atom is -0.486 e. The van der Waals surface area contributed by atoms with Gasteiger partial charge in [-0.3, -0.25) is 4.79 Å². The fourth-order valence-corrected chi connectivity index (χ4v) is 2.98. The highest BCUT2D eigenvalue weighted by atomic mass is 35.5. The summed E-state index contributed by atoms with van der Waals surface area (Å²) in [7, 11) is 0. The summed E-state index contributed by atoms with van der Waals surface area (Å²) in [4.78, 5) is 12.2. The highest BCUT2D eigenvalue weighted by Crippen LogP contribution is 2.26. The highest BCUT2D eigenvalue weighted by molar-refractivity contribution is 5.95. The number of β-amino-alcohol motifs (C(OH)–C–C–N with tert-alkyl or cyclic N) is 1. The zero-order valence-corrected chi connectivity index (χ0v) is 15.8.